The second kappa shape index (κ2) is 5.24. The zero-order valence-corrected chi connectivity index (χ0v) is 8.87. The Labute approximate surface area is 88.7 Å². The first kappa shape index (κ1) is 11.4. The summed E-state index contributed by atoms with van der Waals surface area (Å²) < 4.78 is 0. The molecule has 0 saturated carbocycles. The Morgan fingerprint density at radius 2 is 2.07 bits per heavy atom. The average molecular weight is 217 g/mol. The first-order valence-electron chi connectivity index (χ1n) is 4.80. The van der Waals surface area contributed by atoms with Crippen molar-refractivity contribution in [2.45, 2.75) is 31.7 Å². The van der Waals surface area contributed by atoms with Crippen molar-refractivity contribution in [2.24, 2.45) is 0 Å². The van der Waals surface area contributed by atoms with Gasteiger partial charge in [-0.15, -0.1) is 0 Å². The van der Waals surface area contributed by atoms with Crippen LogP contribution in [-0.2, 0) is 9.59 Å². The smallest absolute Gasteiger partial charge is 0.326 e. The maximum Gasteiger partial charge on any atom is 0.326 e. The van der Waals surface area contributed by atoms with Crippen LogP contribution in [0.25, 0.3) is 0 Å². The van der Waals surface area contributed by atoms with Gasteiger partial charge >= 0.3 is 5.97 Å². The molecule has 0 bridgehead atoms. The number of thiol groups is 1. The van der Waals surface area contributed by atoms with Gasteiger partial charge in [0.05, 0.1) is 5.75 Å². The second-order valence-corrected chi connectivity index (χ2v) is 3.76. The first-order valence-corrected chi connectivity index (χ1v) is 5.43. The molecular weight excluding hydrogens is 202 g/mol. The highest BCUT2D eigenvalue weighted by molar-refractivity contribution is 7.81. The van der Waals surface area contributed by atoms with Gasteiger partial charge in [-0.3, -0.25) is 4.79 Å². The third-order valence-corrected chi connectivity index (χ3v) is 2.76. The third kappa shape index (κ3) is 2.64. The summed E-state index contributed by atoms with van der Waals surface area (Å²) in [6.45, 7) is 0.552. The van der Waals surface area contributed by atoms with Crippen LogP contribution in [0.5, 0.6) is 0 Å². The topological polar surface area (TPSA) is 57.6 Å². The van der Waals surface area contributed by atoms with E-state index in [4.69, 9.17) is 5.11 Å². The van der Waals surface area contributed by atoms with Crippen LogP contribution in [0.3, 0.4) is 0 Å². The summed E-state index contributed by atoms with van der Waals surface area (Å²) in [4.78, 5) is 23.8. The largest absolute Gasteiger partial charge is 0.480 e. The highest BCUT2D eigenvalue weighted by atomic mass is 32.1. The standard InChI is InChI=1S/C9H15NO3S/c11-8(6-14)10-5-3-1-2-4-7(10)9(12)13/h7,14H,1-6H2,(H,12,13). The lowest BCUT2D eigenvalue weighted by Crippen LogP contribution is -2.45. The van der Waals surface area contributed by atoms with E-state index in [2.05, 4.69) is 12.6 Å². The number of carbonyl (C=O) groups excluding carboxylic acids is 1. The molecule has 0 aromatic rings. The number of hydrogen-bond donors (Lipinski definition) is 2. The van der Waals surface area contributed by atoms with Crippen LogP contribution in [-0.4, -0.2) is 40.2 Å². The summed E-state index contributed by atoms with van der Waals surface area (Å²) in [6.07, 6.45) is 3.34. The molecule has 0 radical (unpaired) electrons. The molecule has 4 nitrogen and oxygen atoms in total. The normalized spacial score (nSPS) is 22.9. The highest BCUT2D eigenvalue weighted by Gasteiger charge is 2.29. The minimum atomic E-state index is -0.901. The van der Waals surface area contributed by atoms with Gasteiger partial charge in [0.15, 0.2) is 0 Å². The number of hydrogen-bond acceptors (Lipinski definition) is 3. The number of carboxylic acid groups (broad SMARTS) is 1. The molecule has 0 aromatic carbocycles. The Balaban J connectivity index is 2.73. The molecule has 1 heterocycles. The lowest BCUT2D eigenvalue weighted by atomic mass is 10.1. The van der Waals surface area contributed by atoms with Gasteiger partial charge in [-0.2, -0.15) is 12.6 Å². The predicted molar refractivity (Wildman–Crippen MR) is 55.5 cm³/mol. The van der Waals surface area contributed by atoms with E-state index in [1.807, 2.05) is 0 Å². The summed E-state index contributed by atoms with van der Waals surface area (Å²) >= 11 is 3.89. The maximum atomic E-state index is 11.4. The van der Waals surface area contributed by atoms with Crippen LogP contribution in [0.4, 0.5) is 0 Å². The van der Waals surface area contributed by atoms with Crippen molar-refractivity contribution >= 4 is 24.5 Å². The first-order chi connectivity index (χ1) is 6.66. The Hall–Kier alpha value is -0.710. The fourth-order valence-corrected chi connectivity index (χ4v) is 1.94. The molecule has 0 spiro atoms. The summed E-state index contributed by atoms with van der Waals surface area (Å²) in [6, 6.07) is -0.642. The van der Waals surface area contributed by atoms with E-state index in [0.717, 1.165) is 19.3 Å². The van der Waals surface area contributed by atoms with Gasteiger partial charge in [-0.05, 0) is 12.8 Å². The van der Waals surface area contributed by atoms with E-state index in [1.54, 1.807) is 0 Å². The quantitative estimate of drug-likeness (QED) is 0.672. The number of amides is 1. The minimum Gasteiger partial charge on any atom is -0.480 e. The van der Waals surface area contributed by atoms with Crippen LogP contribution >= 0.6 is 12.6 Å². The molecule has 14 heavy (non-hydrogen) atoms. The van der Waals surface area contributed by atoms with E-state index in [9.17, 15) is 9.59 Å². The molecule has 1 amide bonds. The van der Waals surface area contributed by atoms with Crippen LogP contribution in [0.2, 0.25) is 0 Å². The molecule has 0 aromatic heterocycles. The fourth-order valence-electron chi connectivity index (χ4n) is 1.75. The van der Waals surface area contributed by atoms with Crippen molar-refractivity contribution in [1.82, 2.24) is 4.90 Å². The molecule has 1 atom stereocenters. The van der Waals surface area contributed by atoms with E-state index in [1.165, 1.54) is 4.90 Å². The number of rotatable bonds is 2. The molecule has 5 heteroatoms. The number of aliphatic carboxylic acids is 1. The summed E-state index contributed by atoms with van der Waals surface area (Å²) in [5.41, 5.74) is 0. The fraction of sp³-hybridized carbons (Fsp3) is 0.778. The Morgan fingerprint density at radius 1 is 1.36 bits per heavy atom. The van der Waals surface area contributed by atoms with Gasteiger partial charge in [-0.25, -0.2) is 4.79 Å². The van der Waals surface area contributed by atoms with Gasteiger partial charge in [0.1, 0.15) is 6.04 Å². The molecule has 1 aliphatic heterocycles. The number of nitrogens with zero attached hydrogens (tertiary/aromatic N) is 1. The Morgan fingerprint density at radius 3 is 2.64 bits per heavy atom. The molecule has 80 valence electrons. The highest BCUT2D eigenvalue weighted by Crippen LogP contribution is 2.17. The second-order valence-electron chi connectivity index (χ2n) is 3.45. The van der Waals surface area contributed by atoms with E-state index >= 15 is 0 Å². The van der Waals surface area contributed by atoms with Crippen LogP contribution in [0.15, 0.2) is 0 Å². The van der Waals surface area contributed by atoms with Crippen molar-refractivity contribution < 1.29 is 14.7 Å². The van der Waals surface area contributed by atoms with Gasteiger partial charge in [0.25, 0.3) is 0 Å². The van der Waals surface area contributed by atoms with E-state index < -0.39 is 12.0 Å². The maximum absolute atomic E-state index is 11.4. The summed E-state index contributed by atoms with van der Waals surface area (Å²) in [7, 11) is 0. The van der Waals surface area contributed by atoms with Crippen molar-refractivity contribution in [1.29, 1.82) is 0 Å². The van der Waals surface area contributed by atoms with E-state index in [-0.39, 0.29) is 11.7 Å². The van der Waals surface area contributed by atoms with Crippen molar-refractivity contribution in [2.75, 3.05) is 12.3 Å². The summed E-state index contributed by atoms with van der Waals surface area (Å²) in [5, 5.41) is 8.96. The van der Waals surface area contributed by atoms with Crippen LogP contribution < -0.4 is 0 Å². The Kier molecular flexibility index (Phi) is 4.25. The van der Waals surface area contributed by atoms with Gasteiger partial charge < -0.3 is 10.0 Å². The number of carboxylic acids is 1. The van der Waals surface area contributed by atoms with Crippen molar-refractivity contribution in [3.8, 4) is 0 Å². The lowest BCUT2D eigenvalue weighted by molar-refractivity contribution is -0.149. The zero-order chi connectivity index (χ0) is 10.6. The average Bonchev–Trinajstić information content (AvgIpc) is 2.41. The molecule has 1 aliphatic rings. The SMILES string of the molecule is O=C(O)C1CCCCCN1C(=O)CS. The number of carbonyl (C=O) groups is 2. The van der Waals surface area contributed by atoms with E-state index in [0.29, 0.717) is 13.0 Å². The molecule has 1 fully saturated rings. The molecule has 1 unspecified atom stereocenters. The molecule has 1 saturated heterocycles. The molecular formula is C9H15NO3S. The van der Waals surface area contributed by atoms with Crippen LogP contribution in [0.1, 0.15) is 25.7 Å². The lowest BCUT2D eigenvalue weighted by Gasteiger charge is -2.26. The number of likely N-dealkylation sites (tertiary alicyclic amines) is 1. The Bertz CT molecular complexity index is 232. The van der Waals surface area contributed by atoms with Crippen molar-refractivity contribution in [3.63, 3.8) is 0 Å². The molecule has 0 aliphatic carbocycles. The zero-order valence-electron chi connectivity index (χ0n) is 7.98. The molecule has 1 rings (SSSR count). The van der Waals surface area contributed by atoms with Gasteiger partial charge in [-0.1, -0.05) is 12.8 Å². The monoisotopic (exact) mass is 217 g/mol. The summed E-state index contributed by atoms with van der Waals surface area (Å²) in [5.74, 6) is -0.992. The minimum absolute atomic E-state index is 0.0871. The van der Waals surface area contributed by atoms with Crippen LogP contribution in [0, 0.1) is 0 Å². The molecule has 1 N–H and O–H groups in total. The van der Waals surface area contributed by atoms with Gasteiger partial charge in [0, 0.05) is 6.54 Å². The predicted octanol–water partition coefficient (Wildman–Crippen LogP) is 0.772. The third-order valence-electron chi connectivity index (χ3n) is 2.49. The van der Waals surface area contributed by atoms with Crippen molar-refractivity contribution in [3.05, 3.63) is 0 Å². The van der Waals surface area contributed by atoms with Gasteiger partial charge in [0.2, 0.25) is 5.91 Å².